The van der Waals surface area contributed by atoms with E-state index in [1.807, 2.05) is 6.92 Å². The van der Waals surface area contributed by atoms with E-state index in [0.717, 1.165) is 31.6 Å². The SMILES string of the molecule is COCc1cc(N)nc(C2(C)CCCCO2)n1. The number of anilines is 1. The number of aromatic nitrogens is 2. The van der Waals surface area contributed by atoms with E-state index in [1.165, 1.54) is 0 Å². The van der Waals surface area contributed by atoms with Crippen LogP contribution < -0.4 is 5.73 Å². The molecular formula is C12H19N3O2. The largest absolute Gasteiger partial charge is 0.384 e. The summed E-state index contributed by atoms with van der Waals surface area (Å²) in [4.78, 5) is 8.78. The summed E-state index contributed by atoms with van der Waals surface area (Å²) in [5.74, 6) is 1.14. The van der Waals surface area contributed by atoms with Gasteiger partial charge in [-0.05, 0) is 26.2 Å². The lowest BCUT2D eigenvalue weighted by atomic mass is 9.95. The molecule has 1 aromatic heterocycles. The molecular weight excluding hydrogens is 218 g/mol. The van der Waals surface area contributed by atoms with Gasteiger partial charge < -0.3 is 15.2 Å². The Morgan fingerprint density at radius 1 is 1.47 bits per heavy atom. The highest BCUT2D eigenvalue weighted by Crippen LogP contribution is 2.32. The lowest BCUT2D eigenvalue weighted by molar-refractivity contribution is -0.0761. The van der Waals surface area contributed by atoms with Gasteiger partial charge in [0.1, 0.15) is 11.4 Å². The van der Waals surface area contributed by atoms with Gasteiger partial charge in [-0.1, -0.05) is 0 Å². The first-order valence-electron chi connectivity index (χ1n) is 5.91. The molecule has 1 atom stereocenters. The lowest BCUT2D eigenvalue weighted by Crippen LogP contribution is -2.32. The molecule has 2 rings (SSSR count). The summed E-state index contributed by atoms with van der Waals surface area (Å²) in [6.07, 6.45) is 3.17. The molecule has 0 amide bonds. The van der Waals surface area contributed by atoms with Gasteiger partial charge in [-0.3, -0.25) is 0 Å². The molecule has 0 radical (unpaired) electrons. The van der Waals surface area contributed by atoms with Crippen molar-refractivity contribution in [1.29, 1.82) is 0 Å². The molecule has 0 aromatic carbocycles. The third kappa shape index (κ3) is 2.73. The maximum Gasteiger partial charge on any atom is 0.162 e. The van der Waals surface area contributed by atoms with Crippen LogP contribution in [0, 0.1) is 0 Å². The van der Waals surface area contributed by atoms with Crippen LogP contribution in [0.1, 0.15) is 37.7 Å². The molecule has 1 unspecified atom stereocenters. The first-order valence-corrected chi connectivity index (χ1v) is 5.91. The first-order chi connectivity index (χ1) is 8.14. The Balaban J connectivity index is 2.30. The number of methoxy groups -OCH3 is 1. The zero-order chi connectivity index (χ0) is 12.3. The van der Waals surface area contributed by atoms with E-state index in [0.29, 0.717) is 18.2 Å². The summed E-state index contributed by atoms with van der Waals surface area (Å²) in [5.41, 5.74) is 6.18. The van der Waals surface area contributed by atoms with Gasteiger partial charge in [0, 0.05) is 19.8 Å². The molecule has 5 nitrogen and oxygen atoms in total. The van der Waals surface area contributed by atoms with Crippen LogP contribution in [0.2, 0.25) is 0 Å². The Kier molecular flexibility index (Phi) is 3.59. The normalized spacial score (nSPS) is 24.8. The zero-order valence-electron chi connectivity index (χ0n) is 10.4. The second-order valence-electron chi connectivity index (χ2n) is 4.58. The highest BCUT2D eigenvalue weighted by Gasteiger charge is 2.33. The summed E-state index contributed by atoms with van der Waals surface area (Å²) >= 11 is 0. The van der Waals surface area contributed by atoms with Gasteiger partial charge in [0.05, 0.1) is 12.3 Å². The molecule has 0 aliphatic carbocycles. The zero-order valence-corrected chi connectivity index (χ0v) is 10.4. The van der Waals surface area contributed by atoms with Gasteiger partial charge in [0.25, 0.3) is 0 Å². The van der Waals surface area contributed by atoms with Crippen molar-refractivity contribution < 1.29 is 9.47 Å². The summed E-state index contributed by atoms with van der Waals surface area (Å²) in [6.45, 7) is 3.22. The van der Waals surface area contributed by atoms with Crippen LogP contribution in [0.4, 0.5) is 5.82 Å². The van der Waals surface area contributed by atoms with Crippen molar-refractivity contribution in [2.45, 2.75) is 38.4 Å². The fraction of sp³-hybridized carbons (Fsp3) is 0.667. The summed E-state index contributed by atoms with van der Waals surface area (Å²) in [6, 6.07) is 1.74. The molecule has 1 fully saturated rings. The van der Waals surface area contributed by atoms with Crippen LogP contribution in [-0.2, 0) is 21.7 Å². The lowest BCUT2D eigenvalue weighted by Gasteiger charge is -2.32. The minimum absolute atomic E-state index is 0.407. The fourth-order valence-electron chi connectivity index (χ4n) is 2.09. The monoisotopic (exact) mass is 237 g/mol. The Morgan fingerprint density at radius 3 is 2.94 bits per heavy atom. The molecule has 0 bridgehead atoms. The van der Waals surface area contributed by atoms with Gasteiger partial charge in [0.2, 0.25) is 0 Å². The highest BCUT2D eigenvalue weighted by atomic mass is 16.5. The van der Waals surface area contributed by atoms with Gasteiger partial charge >= 0.3 is 0 Å². The topological polar surface area (TPSA) is 70.3 Å². The molecule has 1 saturated heterocycles. The average Bonchev–Trinajstić information content (AvgIpc) is 2.30. The Bertz CT molecular complexity index is 389. The van der Waals surface area contributed by atoms with E-state index in [4.69, 9.17) is 15.2 Å². The van der Waals surface area contributed by atoms with E-state index in [9.17, 15) is 0 Å². The minimum Gasteiger partial charge on any atom is -0.384 e. The standard InChI is InChI=1S/C12H19N3O2/c1-12(5-3-4-6-17-12)11-14-9(8-16-2)7-10(13)15-11/h7H,3-6,8H2,1-2H3,(H2,13,14,15). The molecule has 1 aromatic rings. The van der Waals surface area contributed by atoms with Crippen LogP contribution in [0.15, 0.2) is 6.07 Å². The van der Waals surface area contributed by atoms with Crippen molar-refractivity contribution in [2.24, 2.45) is 0 Å². The van der Waals surface area contributed by atoms with Crippen molar-refractivity contribution in [3.63, 3.8) is 0 Å². The van der Waals surface area contributed by atoms with Gasteiger partial charge in [0.15, 0.2) is 5.82 Å². The number of nitrogens with zero attached hydrogens (tertiary/aromatic N) is 2. The van der Waals surface area contributed by atoms with E-state index >= 15 is 0 Å². The third-order valence-corrected chi connectivity index (χ3v) is 3.03. The van der Waals surface area contributed by atoms with E-state index in [2.05, 4.69) is 9.97 Å². The summed E-state index contributed by atoms with van der Waals surface area (Å²) < 4.78 is 10.9. The number of hydrogen-bond acceptors (Lipinski definition) is 5. The molecule has 94 valence electrons. The predicted octanol–water partition coefficient (Wildman–Crippen LogP) is 1.62. The van der Waals surface area contributed by atoms with Gasteiger partial charge in [-0.25, -0.2) is 9.97 Å². The molecule has 17 heavy (non-hydrogen) atoms. The smallest absolute Gasteiger partial charge is 0.162 e. The second-order valence-corrected chi connectivity index (χ2v) is 4.58. The van der Waals surface area contributed by atoms with Crippen molar-refractivity contribution in [2.75, 3.05) is 19.5 Å². The summed E-state index contributed by atoms with van der Waals surface area (Å²) in [5, 5.41) is 0. The quantitative estimate of drug-likeness (QED) is 0.865. The number of nitrogens with two attached hydrogens (primary N) is 1. The Labute approximate surface area is 101 Å². The highest BCUT2D eigenvalue weighted by molar-refractivity contribution is 5.30. The number of hydrogen-bond donors (Lipinski definition) is 1. The first kappa shape index (κ1) is 12.3. The van der Waals surface area contributed by atoms with Crippen LogP contribution in [0.25, 0.3) is 0 Å². The van der Waals surface area contributed by atoms with E-state index in [1.54, 1.807) is 13.2 Å². The molecule has 5 heteroatoms. The number of ether oxygens (including phenoxy) is 2. The van der Waals surface area contributed by atoms with E-state index < -0.39 is 5.60 Å². The maximum absolute atomic E-state index is 5.82. The van der Waals surface area contributed by atoms with E-state index in [-0.39, 0.29) is 0 Å². The predicted molar refractivity (Wildman–Crippen MR) is 64.3 cm³/mol. The van der Waals surface area contributed by atoms with Crippen LogP contribution in [0.5, 0.6) is 0 Å². The van der Waals surface area contributed by atoms with Crippen LogP contribution >= 0.6 is 0 Å². The van der Waals surface area contributed by atoms with Crippen molar-refractivity contribution in [3.8, 4) is 0 Å². The second kappa shape index (κ2) is 4.98. The fourth-order valence-corrected chi connectivity index (χ4v) is 2.09. The van der Waals surface area contributed by atoms with Gasteiger partial charge in [-0.2, -0.15) is 0 Å². The minimum atomic E-state index is -0.407. The molecule has 2 N–H and O–H groups in total. The van der Waals surface area contributed by atoms with Crippen LogP contribution in [0.3, 0.4) is 0 Å². The van der Waals surface area contributed by atoms with Gasteiger partial charge in [-0.15, -0.1) is 0 Å². The van der Waals surface area contributed by atoms with Crippen molar-refractivity contribution in [3.05, 3.63) is 17.6 Å². The molecule has 0 spiro atoms. The average molecular weight is 237 g/mol. The van der Waals surface area contributed by atoms with Crippen molar-refractivity contribution >= 4 is 5.82 Å². The number of nitrogen functional groups attached to an aromatic ring is 1. The third-order valence-electron chi connectivity index (χ3n) is 3.03. The molecule has 0 saturated carbocycles. The molecule has 1 aliphatic heterocycles. The van der Waals surface area contributed by atoms with Crippen LogP contribution in [-0.4, -0.2) is 23.7 Å². The Hall–Kier alpha value is -1.20. The molecule has 1 aliphatic rings. The maximum atomic E-state index is 5.82. The Morgan fingerprint density at radius 2 is 2.29 bits per heavy atom. The van der Waals surface area contributed by atoms with Crippen molar-refractivity contribution in [1.82, 2.24) is 9.97 Å². The number of rotatable bonds is 3. The summed E-state index contributed by atoms with van der Waals surface area (Å²) in [7, 11) is 1.64. The molecule has 2 heterocycles.